The van der Waals surface area contributed by atoms with Crippen LogP contribution in [0.3, 0.4) is 0 Å². The van der Waals surface area contributed by atoms with Crippen molar-refractivity contribution in [1.29, 1.82) is 0 Å². The van der Waals surface area contributed by atoms with Crippen molar-refractivity contribution in [2.75, 3.05) is 0 Å². The zero-order valence-electron chi connectivity index (χ0n) is 5.81. The summed E-state index contributed by atoms with van der Waals surface area (Å²) in [6.07, 6.45) is 3.07. The summed E-state index contributed by atoms with van der Waals surface area (Å²) in [7, 11) is 0. The molecule has 0 spiro atoms. The van der Waals surface area contributed by atoms with E-state index in [9.17, 15) is 5.21 Å². The highest BCUT2D eigenvalue weighted by Crippen LogP contribution is 2.04. The van der Waals surface area contributed by atoms with Gasteiger partial charge in [0.1, 0.15) is 0 Å². The van der Waals surface area contributed by atoms with Gasteiger partial charge in [-0.2, -0.15) is 0 Å². The number of fused-ring (bicyclic) bond motifs is 1. The van der Waals surface area contributed by atoms with E-state index < -0.39 is 0 Å². The van der Waals surface area contributed by atoms with Crippen molar-refractivity contribution in [2.24, 2.45) is 0 Å². The van der Waals surface area contributed by atoms with E-state index in [0.717, 1.165) is 15.6 Å². The van der Waals surface area contributed by atoms with Crippen LogP contribution >= 0.6 is 0 Å². The van der Waals surface area contributed by atoms with Crippen LogP contribution in [0.15, 0.2) is 36.8 Å². The van der Waals surface area contributed by atoms with E-state index in [2.05, 4.69) is 4.98 Å². The first kappa shape index (κ1) is 6.09. The highest BCUT2D eigenvalue weighted by molar-refractivity contribution is 5.73. The molecule has 0 radical (unpaired) electrons. The molecule has 1 aromatic heterocycles. The number of para-hydroxylation sites is 1. The molecule has 0 aliphatic heterocycles. The molecule has 0 saturated carbocycles. The standard InChI is InChI=1S/C8H7N2O/c11-10-6-9-5-7-3-1-2-4-8(7)10/h1-6,11H/q+1. The van der Waals surface area contributed by atoms with E-state index >= 15 is 0 Å². The first-order valence-corrected chi connectivity index (χ1v) is 3.31. The van der Waals surface area contributed by atoms with Crippen molar-refractivity contribution in [2.45, 2.75) is 0 Å². The van der Waals surface area contributed by atoms with Gasteiger partial charge in [0, 0.05) is 0 Å². The summed E-state index contributed by atoms with van der Waals surface area (Å²) < 4.78 is 1.01. The fourth-order valence-electron chi connectivity index (χ4n) is 1.04. The molecule has 0 saturated heterocycles. The van der Waals surface area contributed by atoms with Gasteiger partial charge in [-0.25, -0.2) is 0 Å². The van der Waals surface area contributed by atoms with Crippen LogP contribution in [0.5, 0.6) is 0 Å². The molecular formula is C8H7N2O+. The van der Waals surface area contributed by atoms with E-state index in [1.165, 1.54) is 6.33 Å². The predicted molar refractivity (Wildman–Crippen MR) is 39.1 cm³/mol. The number of hydrogen-bond donors (Lipinski definition) is 1. The van der Waals surface area contributed by atoms with Crippen LogP contribution in [0.1, 0.15) is 0 Å². The molecule has 0 bridgehead atoms. The topological polar surface area (TPSA) is 37.0 Å². The Morgan fingerprint density at radius 2 is 2.09 bits per heavy atom. The highest BCUT2D eigenvalue weighted by Gasteiger charge is 2.01. The van der Waals surface area contributed by atoms with Crippen LogP contribution < -0.4 is 4.73 Å². The Morgan fingerprint density at radius 3 is 2.91 bits per heavy atom. The molecule has 0 unspecified atom stereocenters. The van der Waals surface area contributed by atoms with Gasteiger partial charge >= 0.3 is 6.33 Å². The highest BCUT2D eigenvalue weighted by atomic mass is 16.5. The van der Waals surface area contributed by atoms with Gasteiger partial charge in [0.25, 0.3) is 0 Å². The molecular weight excluding hydrogens is 140 g/mol. The molecule has 54 valence electrons. The van der Waals surface area contributed by atoms with E-state index in [0.29, 0.717) is 0 Å². The first-order valence-electron chi connectivity index (χ1n) is 3.31. The van der Waals surface area contributed by atoms with Crippen LogP contribution in [0.4, 0.5) is 0 Å². The predicted octanol–water partition coefficient (Wildman–Crippen LogP) is 0.760. The lowest BCUT2D eigenvalue weighted by Crippen LogP contribution is -2.30. The van der Waals surface area contributed by atoms with Crippen molar-refractivity contribution < 1.29 is 9.94 Å². The maximum absolute atomic E-state index is 9.23. The second kappa shape index (κ2) is 2.20. The Balaban J connectivity index is 2.91. The van der Waals surface area contributed by atoms with Crippen LogP contribution in [-0.2, 0) is 0 Å². The van der Waals surface area contributed by atoms with Crippen molar-refractivity contribution in [3.63, 3.8) is 0 Å². The molecule has 0 amide bonds. The van der Waals surface area contributed by atoms with Gasteiger partial charge in [0.05, 0.1) is 5.39 Å². The Labute approximate surface area is 63.5 Å². The summed E-state index contributed by atoms with van der Waals surface area (Å²) in [6, 6.07) is 7.51. The number of aromatic nitrogens is 2. The monoisotopic (exact) mass is 147 g/mol. The second-order valence-corrected chi connectivity index (χ2v) is 2.30. The fourth-order valence-corrected chi connectivity index (χ4v) is 1.04. The molecule has 3 nitrogen and oxygen atoms in total. The summed E-state index contributed by atoms with van der Waals surface area (Å²) in [5.74, 6) is 0. The number of rotatable bonds is 0. The molecule has 2 rings (SSSR count). The van der Waals surface area contributed by atoms with Crippen LogP contribution in [0, 0.1) is 0 Å². The van der Waals surface area contributed by atoms with Gasteiger partial charge in [0.15, 0.2) is 11.7 Å². The number of hydrogen-bond acceptors (Lipinski definition) is 2. The molecule has 2 aromatic rings. The maximum atomic E-state index is 9.23. The normalized spacial score (nSPS) is 10.2. The van der Waals surface area contributed by atoms with Crippen LogP contribution in [0.25, 0.3) is 10.9 Å². The van der Waals surface area contributed by atoms with Crippen molar-refractivity contribution in [3.05, 3.63) is 36.8 Å². The molecule has 1 aromatic carbocycles. The zero-order chi connectivity index (χ0) is 7.68. The second-order valence-electron chi connectivity index (χ2n) is 2.30. The average Bonchev–Trinajstić information content (AvgIpc) is 2.06. The smallest absolute Gasteiger partial charge is 0.325 e. The van der Waals surface area contributed by atoms with E-state index in [4.69, 9.17) is 0 Å². The lowest BCUT2D eigenvalue weighted by molar-refractivity contribution is -0.886. The molecule has 1 N–H and O–H groups in total. The van der Waals surface area contributed by atoms with Crippen LogP contribution in [-0.4, -0.2) is 10.2 Å². The molecule has 0 atom stereocenters. The lowest BCUT2D eigenvalue weighted by Gasteiger charge is -1.91. The minimum absolute atomic E-state index is 0.766. The van der Waals surface area contributed by atoms with Crippen molar-refractivity contribution >= 4 is 10.9 Å². The Bertz CT molecular complexity index is 381. The Morgan fingerprint density at radius 1 is 1.27 bits per heavy atom. The van der Waals surface area contributed by atoms with E-state index in [1.807, 2.05) is 24.3 Å². The molecule has 11 heavy (non-hydrogen) atoms. The third-order valence-corrected chi connectivity index (χ3v) is 1.57. The fraction of sp³-hybridized carbons (Fsp3) is 0. The molecule has 1 heterocycles. The van der Waals surface area contributed by atoms with Gasteiger partial charge in [0.2, 0.25) is 0 Å². The van der Waals surface area contributed by atoms with Gasteiger partial charge in [-0.3, -0.25) is 0 Å². The first-order chi connectivity index (χ1) is 5.38. The number of nitrogens with zero attached hydrogens (tertiary/aromatic N) is 2. The zero-order valence-corrected chi connectivity index (χ0v) is 5.81. The molecule has 0 fully saturated rings. The molecule has 0 aliphatic rings. The third kappa shape index (κ3) is 0.902. The summed E-state index contributed by atoms with van der Waals surface area (Å²) in [5.41, 5.74) is 0.766. The quantitative estimate of drug-likeness (QED) is 0.441. The summed E-state index contributed by atoms with van der Waals surface area (Å²) >= 11 is 0. The third-order valence-electron chi connectivity index (χ3n) is 1.57. The Hall–Kier alpha value is -1.64. The van der Waals surface area contributed by atoms with Crippen LogP contribution in [0.2, 0.25) is 0 Å². The average molecular weight is 147 g/mol. The van der Waals surface area contributed by atoms with Crippen molar-refractivity contribution in [1.82, 2.24) is 4.98 Å². The van der Waals surface area contributed by atoms with Gasteiger partial charge in [-0.15, -0.1) is 0 Å². The van der Waals surface area contributed by atoms with Gasteiger partial charge < -0.3 is 5.21 Å². The maximum Gasteiger partial charge on any atom is 0.325 e. The summed E-state index contributed by atoms with van der Waals surface area (Å²) in [6.45, 7) is 0. The lowest BCUT2D eigenvalue weighted by atomic mass is 10.2. The van der Waals surface area contributed by atoms with Gasteiger partial charge in [-0.05, 0) is 16.9 Å². The molecule has 3 heteroatoms. The van der Waals surface area contributed by atoms with Crippen molar-refractivity contribution in [3.8, 4) is 0 Å². The van der Waals surface area contributed by atoms with Gasteiger partial charge in [-0.1, -0.05) is 17.1 Å². The summed E-state index contributed by atoms with van der Waals surface area (Å²) in [5, 5.41) is 10.2. The minimum atomic E-state index is 0.766. The summed E-state index contributed by atoms with van der Waals surface area (Å²) in [4.78, 5) is 3.83. The SMILES string of the molecule is O[n+]1cncc2ccccc21. The van der Waals surface area contributed by atoms with E-state index in [1.54, 1.807) is 6.20 Å². The van der Waals surface area contributed by atoms with E-state index in [-0.39, 0.29) is 0 Å². The Kier molecular flexibility index (Phi) is 1.22. The molecule has 0 aliphatic carbocycles. The minimum Gasteiger partial charge on any atom is -0.349 e. The number of benzene rings is 1. The largest absolute Gasteiger partial charge is 0.349 e.